The fourth-order valence-electron chi connectivity index (χ4n) is 1.75. The van der Waals surface area contributed by atoms with Crippen LogP contribution < -0.4 is 5.32 Å². The van der Waals surface area contributed by atoms with Crippen LogP contribution in [0.4, 0.5) is 0 Å². The zero-order valence-electron chi connectivity index (χ0n) is 10.9. The molecule has 0 spiro atoms. The molecule has 1 aromatic carbocycles. The van der Waals surface area contributed by atoms with Gasteiger partial charge in [-0.1, -0.05) is 29.8 Å². The van der Waals surface area contributed by atoms with Gasteiger partial charge in [-0.05, 0) is 18.1 Å². The summed E-state index contributed by atoms with van der Waals surface area (Å²) < 4.78 is 1.67. The van der Waals surface area contributed by atoms with Crippen molar-refractivity contribution in [1.82, 2.24) is 15.1 Å². The minimum Gasteiger partial charge on any atom is -0.396 e. The lowest BCUT2D eigenvalue weighted by Crippen LogP contribution is -2.24. The van der Waals surface area contributed by atoms with E-state index in [-0.39, 0.29) is 12.5 Å². The van der Waals surface area contributed by atoms with Gasteiger partial charge < -0.3 is 10.4 Å². The van der Waals surface area contributed by atoms with Gasteiger partial charge in [0.2, 0.25) is 0 Å². The first-order valence-corrected chi connectivity index (χ1v) is 6.73. The first-order valence-electron chi connectivity index (χ1n) is 6.35. The molecule has 20 heavy (non-hydrogen) atoms. The summed E-state index contributed by atoms with van der Waals surface area (Å²) in [6, 6.07) is 7.52. The number of benzene rings is 1. The number of aliphatic hydroxyl groups excluding tert-OH is 1. The van der Waals surface area contributed by atoms with Gasteiger partial charge in [0, 0.05) is 24.4 Å². The highest BCUT2D eigenvalue weighted by Crippen LogP contribution is 2.16. The molecule has 106 valence electrons. The van der Waals surface area contributed by atoms with Crippen LogP contribution in [0.1, 0.15) is 22.3 Å². The van der Waals surface area contributed by atoms with Gasteiger partial charge in [-0.2, -0.15) is 5.10 Å². The van der Waals surface area contributed by atoms with Gasteiger partial charge >= 0.3 is 0 Å². The van der Waals surface area contributed by atoms with Crippen molar-refractivity contribution in [3.8, 4) is 0 Å². The van der Waals surface area contributed by atoms with Gasteiger partial charge in [0.1, 0.15) is 0 Å². The van der Waals surface area contributed by atoms with Crippen molar-refractivity contribution >= 4 is 17.5 Å². The summed E-state index contributed by atoms with van der Waals surface area (Å²) in [5.74, 6) is -0.191. The fourth-order valence-corrected chi connectivity index (χ4v) is 1.95. The monoisotopic (exact) mass is 293 g/mol. The third kappa shape index (κ3) is 3.82. The molecule has 0 aliphatic heterocycles. The standard InChI is InChI=1S/C14H16ClN3O2/c15-13-5-2-1-4-11(13)9-18-10-12(8-17-18)14(20)16-6-3-7-19/h1-2,4-5,8,10,19H,3,6-7,9H2,(H,16,20). The molecule has 0 fully saturated rings. The highest BCUT2D eigenvalue weighted by molar-refractivity contribution is 6.31. The predicted molar refractivity (Wildman–Crippen MR) is 76.8 cm³/mol. The van der Waals surface area contributed by atoms with Crippen molar-refractivity contribution in [2.75, 3.05) is 13.2 Å². The van der Waals surface area contributed by atoms with E-state index in [1.54, 1.807) is 10.9 Å². The summed E-state index contributed by atoms with van der Waals surface area (Å²) in [5.41, 5.74) is 1.44. The molecule has 1 aromatic heterocycles. The van der Waals surface area contributed by atoms with Crippen LogP contribution in [0.25, 0.3) is 0 Å². The molecule has 6 heteroatoms. The Kier molecular flexibility index (Phi) is 5.15. The number of carbonyl (C=O) groups excluding carboxylic acids is 1. The number of aliphatic hydroxyl groups is 1. The Bertz CT molecular complexity index is 583. The Labute approximate surface area is 122 Å². The van der Waals surface area contributed by atoms with Crippen LogP contribution in [-0.2, 0) is 6.54 Å². The van der Waals surface area contributed by atoms with Crippen LogP contribution in [0.15, 0.2) is 36.7 Å². The van der Waals surface area contributed by atoms with E-state index in [1.807, 2.05) is 24.3 Å². The van der Waals surface area contributed by atoms with Crippen LogP contribution in [0.5, 0.6) is 0 Å². The van der Waals surface area contributed by atoms with E-state index in [1.165, 1.54) is 6.20 Å². The van der Waals surface area contributed by atoms with Crippen LogP contribution >= 0.6 is 11.6 Å². The maximum absolute atomic E-state index is 11.8. The Balaban J connectivity index is 1.99. The maximum atomic E-state index is 11.8. The zero-order valence-corrected chi connectivity index (χ0v) is 11.7. The molecule has 0 saturated carbocycles. The second-order valence-electron chi connectivity index (χ2n) is 4.35. The van der Waals surface area contributed by atoms with Crippen molar-refractivity contribution in [2.24, 2.45) is 0 Å². The van der Waals surface area contributed by atoms with Gasteiger partial charge in [-0.3, -0.25) is 9.48 Å². The molecule has 0 radical (unpaired) electrons. The molecular formula is C14H16ClN3O2. The van der Waals surface area contributed by atoms with E-state index in [9.17, 15) is 4.79 Å². The van der Waals surface area contributed by atoms with Crippen molar-refractivity contribution < 1.29 is 9.90 Å². The van der Waals surface area contributed by atoms with E-state index in [2.05, 4.69) is 10.4 Å². The number of carbonyl (C=O) groups is 1. The van der Waals surface area contributed by atoms with Crippen molar-refractivity contribution in [3.63, 3.8) is 0 Å². The smallest absolute Gasteiger partial charge is 0.254 e. The van der Waals surface area contributed by atoms with Crippen LogP contribution in [0.2, 0.25) is 5.02 Å². The lowest BCUT2D eigenvalue weighted by molar-refractivity contribution is 0.0951. The SMILES string of the molecule is O=C(NCCCO)c1cnn(Cc2ccccc2Cl)c1. The molecule has 1 amide bonds. The number of aromatic nitrogens is 2. The summed E-state index contributed by atoms with van der Waals surface area (Å²) in [4.78, 5) is 11.8. The number of hydrogen-bond donors (Lipinski definition) is 2. The van der Waals surface area contributed by atoms with E-state index < -0.39 is 0 Å². The third-order valence-corrected chi connectivity index (χ3v) is 3.17. The fraction of sp³-hybridized carbons (Fsp3) is 0.286. The average molecular weight is 294 g/mol. The number of nitrogens with one attached hydrogen (secondary N) is 1. The summed E-state index contributed by atoms with van der Waals surface area (Å²) in [7, 11) is 0. The quantitative estimate of drug-likeness (QED) is 0.797. The number of nitrogens with zero attached hydrogens (tertiary/aromatic N) is 2. The Morgan fingerprint density at radius 3 is 2.95 bits per heavy atom. The number of halogens is 1. The second kappa shape index (κ2) is 7.07. The minimum absolute atomic E-state index is 0.0616. The first kappa shape index (κ1) is 14.6. The number of amides is 1. The predicted octanol–water partition coefficient (Wildman–Crippen LogP) is 1.70. The largest absolute Gasteiger partial charge is 0.396 e. The van der Waals surface area contributed by atoms with Crippen molar-refractivity contribution in [2.45, 2.75) is 13.0 Å². The molecule has 0 unspecified atom stereocenters. The number of hydrogen-bond acceptors (Lipinski definition) is 3. The summed E-state index contributed by atoms with van der Waals surface area (Å²) in [6.45, 7) is 1.03. The van der Waals surface area contributed by atoms with Gasteiger partial charge in [0.15, 0.2) is 0 Å². The maximum Gasteiger partial charge on any atom is 0.254 e. The molecule has 1 heterocycles. The molecule has 0 atom stereocenters. The van der Waals surface area contributed by atoms with E-state index in [0.717, 1.165) is 5.56 Å². The summed E-state index contributed by atoms with van der Waals surface area (Å²) in [6.07, 6.45) is 3.74. The molecule has 2 N–H and O–H groups in total. The Morgan fingerprint density at radius 1 is 1.40 bits per heavy atom. The molecule has 5 nitrogen and oxygen atoms in total. The molecular weight excluding hydrogens is 278 g/mol. The second-order valence-corrected chi connectivity index (χ2v) is 4.76. The lowest BCUT2D eigenvalue weighted by Gasteiger charge is -2.04. The highest BCUT2D eigenvalue weighted by atomic mass is 35.5. The van der Waals surface area contributed by atoms with Gasteiger partial charge in [0.25, 0.3) is 5.91 Å². The van der Waals surface area contributed by atoms with E-state index in [4.69, 9.17) is 16.7 Å². The van der Waals surface area contributed by atoms with Crippen molar-refractivity contribution in [1.29, 1.82) is 0 Å². The first-order chi connectivity index (χ1) is 9.70. The Morgan fingerprint density at radius 2 is 2.20 bits per heavy atom. The average Bonchev–Trinajstić information content (AvgIpc) is 2.90. The van der Waals surface area contributed by atoms with Crippen LogP contribution in [0, 0.1) is 0 Å². The van der Waals surface area contributed by atoms with Gasteiger partial charge in [-0.15, -0.1) is 0 Å². The van der Waals surface area contributed by atoms with Crippen molar-refractivity contribution in [3.05, 3.63) is 52.8 Å². The van der Waals surface area contributed by atoms with E-state index in [0.29, 0.717) is 30.1 Å². The normalized spacial score (nSPS) is 10.5. The molecule has 0 aliphatic rings. The van der Waals surface area contributed by atoms with Gasteiger partial charge in [0.05, 0.1) is 18.3 Å². The zero-order chi connectivity index (χ0) is 14.4. The summed E-state index contributed by atoms with van der Waals surface area (Å²) in [5, 5.41) is 16.2. The van der Waals surface area contributed by atoms with Crippen LogP contribution in [-0.4, -0.2) is 33.9 Å². The molecule has 0 bridgehead atoms. The van der Waals surface area contributed by atoms with E-state index >= 15 is 0 Å². The topological polar surface area (TPSA) is 67.2 Å². The highest BCUT2D eigenvalue weighted by Gasteiger charge is 2.08. The number of rotatable bonds is 6. The molecule has 2 aromatic rings. The Hall–Kier alpha value is -1.85. The lowest BCUT2D eigenvalue weighted by atomic mass is 10.2. The summed E-state index contributed by atoms with van der Waals surface area (Å²) >= 11 is 6.08. The van der Waals surface area contributed by atoms with Crippen LogP contribution in [0.3, 0.4) is 0 Å². The molecule has 0 saturated heterocycles. The van der Waals surface area contributed by atoms with Gasteiger partial charge in [-0.25, -0.2) is 0 Å². The third-order valence-electron chi connectivity index (χ3n) is 2.81. The molecule has 2 rings (SSSR count). The minimum atomic E-state index is -0.191. The molecule has 0 aliphatic carbocycles.